The number of piperidine rings is 1. The summed E-state index contributed by atoms with van der Waals surface area (Å²) >= 11 is 0. The van der Waals surface area contributed by atoms with E-state index in [2.05, 4.69) is 31.8 Å². The quantitative estimate of drug-likeness (QED) is 0.466. The zero-order chi connectivity index (χ0) is 21.7. The van der Waals surface area contributed by atoms with Gasteiger partial charge in [0.15, 0.2) is 5.82 Å². The fourth-order valence-electron chi connectivity index (χ4n) is 3.01. The molecule has 0 aliphatic carbocycles. The molecule has 30 heavy (non-hydrogen) atoms. The Hall–Kier alpha value is -3.50. The van der Waals surface area contributed by atoms with Gasteiger partial charge in [-0.2, -0.15) is 9.97 Å². The molecule has 1 saturated heterocycles. The van der Waals surface area contributed by atoms with E-state index in [1.165, 1.54) is 17.3 Å². The molecule has 1 aliphatic rings. The first-order valence-electron chi connectivity index (χ1n) is 9.42. The second kappa shape index (κ2) is 9.33. The van der Waals surface area contributed by atoms with Gasteiger partial charge < -0.3 is 25.7 Å². The number of likely N-dealkylation sites (tertiary alicyclic amines) is 1. The van der Waals surface area contributed by atoms with Gasteiger partial charge >= 0.3 is 0 Å². The highest BCUT2D eigenvalue weighted by atomic mass is 19.1. The topological polar surface area (TPSA) is 122 Å². The maximum Gasteiger partial charge on any atom is 0.246 e. The number of nitrogens with zero attached hydrogens (tertiary/aromatic N) is 4. The van der Waals surface area contributed by atoms with E-state index in [-0.39, 0.29) is 48.3 Å². The standard InChI is InChI=1S/C19H23F2N7O2/c1-3-15(29)28-6-5-12(20)14(10-28)30-18-16-13(21)9-24-17(16)26-19(27-18)25-11(7-22)8-23-4-2/h3,7-9,12,14H,1,4-6,10,22H2,2H3,(H2,24,25,26,27)/t12-,14+/m0/s1. The number of H-pyrrole nitrogens is 1. The number of hydrogen-bond donors (Lipinski definition) is 3. The lowest BCUT2D eigenvalue weighted by atomic mass is 10.1. The number of anilines is 1. The molecule has 3 heterocycles. The number of allylic oxidation sites excluding steroid dienone is 1. The van der Waals surface area contributed by atoms with Crippen LogP contribution in [0.4, 0.5) is 14.7 Å². The maximum absolute atomic E-state index is 14.5. The summed E-state index contributed by atoms with van der Waals surface area (Å²) in [7, 11) is 0. The van der Waals surface area contributed by atoms with Crippen molar-refractivity contribution in [3.8, 4) is 5.88 Å². The van der Waals surface area contributed by atoms with Crippen molar-refractivity contribution in [2.24, 2.45) is 10.7 Å². The van der Waals surface area contributed by atoms with Gasteiger partial charge in [0.2, 0.25) is 17.7 Å². The summed E-state index contributed by atoms with van der Waals surface area (Å²) < 4.78 is 34.6. The number of alkyl halides is 1. The minimum absolute atomic E-state index is 0.0105. The van der Waals surface area contributed by atoms with Crippen LogP contribution in [0.2, 0.25) is 0 Å². The predicted octanol–water partition coefficient (Wildman–Crippen LogP) is 1.90. The molecule has 160 valence electrons. The van der Waals surface area contributed by atoms with Crippen molar-refractivity contribution in [1.82, 2.24) is 19.9 Å². The molecule has 0 unspecified atom stereocenters. The van der Waals surface area contributed by atoms with Crippen LogP contribution in [0, 0.1) is 5.82 Å². The van der Waals surface area contributed by atoms with Crippen molar-refractivity contribution in [3.63, 3.8) is 0 Å². The molecule has 2 atom stereocenters. The van der Waals surface area contributed by atoms with Crippen LogP contribution in [-0.2, 0) is 4.79 Å². The lowest BCUT2D eigenvalue weighted by Crippen LogP contribution is -2.49. The van der Waals surface area contributed by atoms with Gasteiger partial charge in [0.25, 0.3) is 0 Å². The number of carbonyl (C=O) groups is 1. The Morgan fingerprint density at radius 1 is 1.57 bits per heavy atom. The van der Waals surface area contributed by atoms with E-state index in [4.69, 9.17) is 10.5 Å². The van der Waals surface area contributed by atoms with Crippen molar-refractivity contribution >= 4 is 29.1 Å². The zero-order valence-corrected chi connectivity index (χ0v) is 16.4. The number of aromatic amines is 1. The van der Waals surface area contributed by atoms with Gasteiger partial charge in [0.1, 0.15) is 23.3 Å². The third-order valence-electron chi connectivity index (χ3n) is 4.53. The Morgan fingerprint density at radius 2 is 2.37 bits per heavy atom. The van der Waals surface area contributed by atoms with Crippen LogP contribution in [0.5, 0.6) is 5.88 Å². The average molecular weight is 419 g/mol. The van der Waals surface area contributed by atoms with Crippen LogP contribution in [0.25, 0.3) is 11.0 Å². The highest BCUT2D eigenvalue weighted by Crippen LogP contribution is 2.29. The summed E-state index contributed by atoms with van der Waals surface area (Å²) in [6.45, 7) is 6.09. The number of aliphatic imine (C=N–C) groups is 1. The van der Waals surface area contributed by atoms with Gasteiger partial charge in [-0.3, -0.25) is 9.79 Å². The average Bonchev–Trinajstić information content (AvgIpc) is 3.12. The monoisotopic (exact) mass is 419 g/mol. The summed E-state index contributed by atoms with van der Waals surface area (Å²) in [4.78, 5) is 28.5. The maximum atomic E-state index is 14.5. The van der Waals surface area contributed by atoms with Crippen molar-refractivity contribution < 1.29 is 18.3 Å². The number of hydrogen-bond acceptors (Lipinski definition) is 7. The lowest BCUT2D eigenvalue weighted by molar-refractivity contribution is -0.130. The van der Waals surface area contributed by atoms with E-state index in [0.29, 0.717) is 12.2 Å². The summed E-state index contributed by atoms with van der Waals surface area (Å²) in [6, 6.07) is 0. The summed E-state index contributed by atoms with van der Waals surface area (Å²) in [5, 5.41) is 2.85. The minimum Gasteiger partial charge on any atom is -0.469 e. The van der Waals surface area contributed by atoms with Crippen molar-refractivity contribution in [3.05, 3.63) is 36.6 Å². The fourth-order valence-corrected chi connectivity index (χ4v) is 3.01. The van der Waals surface area contributed by atoms with Gasteiger partial charge in [-0.1, -0.05) is 6.58 Å². The number of ether oxygens (including phenoxy) is 1. The number of amides is 1. The van der Waals surface area contributed by atoms with Crippen LogP contribution >= 0.6 is 0 Å². The Morgan fingerprint density at radius 3 is 3.07 bits per heavy atom. The van der Waals surface area contributed by atoms with Crippen molar-refractivity contribution in [2.75, 3.05) is 25.0 Å². The molecule has 0 bridgehead atoms. The second-order valence-electron chi connectivity index (χ2n) is 6.54. The number of fused-ring (bicyclic) bond motifs is 1. The minimum atomic E-state index is -1.35. The molecule has 2 aromatic heterocycles. The number of carbonyl (C=O) groups excluding carboxylic acids is 1. The normalized spacial score (nSPS) is 20.0. The first-order valence-corrected chi connectivity index (χ1v) is 9.42. The van der Waals surface area contributed by atoms with E-state index in [0.717, 1.165) is 12.3 Å². The molecule has 2 aromatic rings. The number of aromatic nitrogens is 3. The van der Waals surface area contributed by atoms with Crippen LogP contribution < -0.4 is 15.8 Å². The third kappa shape index (κ3) is 4.56. The van der Waals surface area contributed by atoms with Crippen molar-refractivity contribution in [2.45, 2.75) is 25.6 Å². The van der Waals surface area contributed by atoms with Gasteiger partial charge in [-0.25, -0.2) is 8.78 Å². The van der Waals surface area contributed by atoms with E-state index >= 15 is 0 Å². The molecule has 3 rings (SSSR count). The molecule has 0 spiro atoms. The number of nitrogens with one attached hydrogen (secondary N) is 2. The largest absolute Gasteiger partial charge is 0.469 e. The molecule has 1 fully saturated rings. The Kier molecular flexibility index (Phi) is 6.60. The molecule has 9 nitrogen and oxygen atoms in total. The molecule has 0 radical (unpaired) electrons. The summed E-state index contributed by atoms with van der Waals surface area (Å²) in [6.07, 6.45) is 2.77. The van der Waals surface area contributed by atoms with Gasteiger partial charge in [-0.15, -0.1) is 0 Å². The van der Waals surface area contributed by atoms with Crippen LogP contribution in [-0.4, -0.2) is 63.9 Å². The van der Waals surface area contributed by atoms with Gasteiger partial charge in [-0.05, 0) is 19.4 Å². The number of nitrogens with two attached hydrogens (primary N) is 1. The first kappa shape index (κ1) is 21.2. The van der Waals surface area contributed by atoms with E-state index in [9.17, 15) is 13.6 Å². The molecule has 1 aliphatic heterocycles. The van der Waals surface area contributed by atoms with E-state index in [1.54, 1.807) is 0 Å². The SMILES string of the molecule is C=CC(=O)N1CC[C@H](F)[C@H](Oc2nc(NC(C=NCC)=CN)nc3[nH]cc(F)c23)C1. The molecule has 0 aromatic carbocycles. The van der Waals surface area contributed by atoms with Gasteiger partial charge in [0.05, 0.1) is 12.2 Å². The number of rotatable bonds is 7. The molecule has 11 heteroatoms. The molecular weight excluding hydrogens is 396 g/mol. The first-order chi connectivity index (χ1) is 14.5. The van der Waals surface area contributed by atoms with Crippen LogP contribution in [0.1, 0.15) is 13.3 Å². The third-order valence-corrected chi connectivity index (χ3v) is 4.53. The molecule has 4 N–H and O–H groups in total. The van der Waals surface area contributed by atoms with Crippen molar-refractivity contribution in [1.29, 1.82) is 0 Å². The predicted molar refractivity (Wildman–Crippen MR) is 109 cm³/mol. The highest BCUT2D eigenvalue weighted by molar-refractivity contribution is 5.87. The Labute approximate surface area is 171 Å². The Bertz CT molecular complexity index is 989. The summed E-state index contributed by atoms with van der Waals surface area (Å²) in [5.41, 5.74) is 6.15. The second-order valence-corrected chi connectivity index (χ2v) is 6.54. The van der Waals surface area contributed by atoms with Crippen LogP contribution in [0.15, 0.2) is 35.7 Å². The lowest BCUT2D eigenvalue weighted by Gasteiger charge is -2.34. The van der Waals surface area contributed by atoms with Crippen LogP contribution in [0.3, 0.4) is 0 Å². The molecule has 0 saturated carbocycles. The smallest absolute Gasteiger partial charge is 0.246 e. The van der Waals surface area contributed by atoms with E-state index in [1.807, 2.05) is 6.92 Å². The highest BCUT2D eigenvalue weighted by Gasteiger charge is 2.33. The molecule has 1 amide bonds. The van der Waals surface area contributed by atoms with E-state index < -0.39 is 18.1 Å². The number of halogens is 2. The van der Waals surface area contributed by atoms with Gasteiger partial charge in [0, 0.05) is 31.7 Å². The summed E-state index contributed by atoms with van der Waals surface area (Å²) in [5.74, 6) is -1.06. The zero-order valence-electron chi connectivity index (χ0n) is 16.4. The Balaban J connectivity index is 1.91. The molecular formula is C19H23F2N7O2. The fraction of sp³-hybridized carbons (Fsp3) is 0.368.